The Labute approximate surface area is 78.4 Å². The molecule has 2 heteroatoms. The fourth-order valence-electron chi connectivity index (χ4n) is 0.815. The van der Waals surface area contributed by atoms with E-state index >= 15 is 0 Å². The maximum atomic E-state index is 12.5. The van der Waals surface area contributed by atoms with Crippen molar-refractivity contribution in [2.75, 3.05) is 0 Å². The second kappa shape index (κ2) is 6.01. The standard InChI is InChI=1S/C8H8ClF.C2H6/c1-2-6-3-7(9)5-8(10)4-6;1-2/h3-5H,2H2,1H3;1-2H3. The van der Waals surface area contributed by atoms with E-state index in [4.69, 9.17) is 11.6 Å². The lowest BCUT2D eigenvalue weighted by atomic mass is 10.2. The van der Waals surface area contributed by atoms with Gasteiger partial charge in [-0.2, -0.15) is 0 Å². The maximum Gasteiger partial charge on any atom is 0.124 e. The summed E-state index contributed by atoms with van der Waals surface area (Å²) < 4.78 is 12.5. The number of rotatable bonds is 1. The van der Waals surface area contributed by atoms with Crippen LogP contribution in [0.25, 0.3) is 0 Å². The molecule has 0 saturated heterocycles. The minimum Gasteiger partial charge on any atom is -0.207 e. The Morgan fingerprint density at radius 3 is 2.25 bits per heavy atom. The minimum atomic E-state index is -0.260. The molecule has 0 fully saturated rings. The van der Waals surface area contributed by atoms with Gasteiger partial charge in [0.25, 0.3) is 0 Å². The Kier molecular flexibility index (Phi) is 5.73. The van der Waals surface area contributed by atoms with E-state index in [1.54, 1.807) is 6.07 Å². The van der Waals surface area contributed by atoms with Crippen molar-refractivity contribution >= 4 is 11.6 Å². The van der Waals surface area contributed by atoms with E-state index in [0.29, 0.717) is 5.02 Å². The topological polar surface area (TPSA) is 0 Å². The Morgan fingerprint density at radius 2 is 1.83 bits per heavy atom. The van der Waals surface area contributed by atoms with E-state index in [1.807, 2.05) is 20.8 Å². The van der Waals surface area contributed by atoms with E-state index in [2.05, 4.69) is 0 Å². The minimum absolute atomic E-state index is 0.260. The molecule has 0 N–H and O–H groups in total. The van der Waals surface area contributed by atoms with Crippen LogP contribution in [0.15, 0.2) is 18.2 Å². The first kappa shape index (κ1) is 11.4. The average Bonchev–Trinajstić information content (AvgIpc) is 2.06. The van der Waals surface area contributed by atoms with Crippen LogP contribution >= 0.6 is 11.6 Å². The van der Waals surface area contributed by atoms with Gasteiger partial charge in [-0.25, -0.2) is 4.39 Å². The Morgan fingerprint density at radius 1 is 1.25 bits per heavy atom. The van der Waals surface area contributed by atoms with Gasteiger partial charge in [0.05, 0.1) is 0 Å². The smallest absolute Gasteiger partial charge is 0.124 e. The summed E-state index contributed by atoms with van der Waals surface area (Å²) in [4.78, 5) is 0. The summed E-state index contributed by atoms with van der Waals surface area (Å²) in [7, 11) is 0. The van der Waals surface area contributed by atoms with Crippen LogP contribution < -0.4 is 0 Å². The summed E-state index contributed by atoms with van der Waals surface area (Å²) in [6.45, 7) is 5.96. The monoisotopic (exact) mass is 188 g/mol. The highest BCUT2D eigenvalue weighted by Gasteiger charge is 1.95. The van der Waals surface area contributed by atoms with E-state index < -0.39 is 0 Å². The predicted molar refractivity (Wildman–Crippen MR) is 52.1 cm³/mol. The summed E-state index contributed by atoms with van der Waals surface area (Å²) >= 11 is 5.59. The van der Waals surface area contributed by atoms with Gasteiger partial charge in [0, 0.05) is 5.02 Å². The molecule has 1 rings (SSSR count). The lowest BCUT2D eigenvalue weighted by molar-refractivity contribution is 0.626. The van der Waals surface area contributed by atoms with Gasteiger partial charge in [-0.1, -0.05) is 32.4 Å². The van der Waals surface area contributed by atoms with Crippen molar-refractivity contribution in [3.05, 3.63) is 34.6 Å². The SMILES string of the molecule is CC.CCc1cc(F)cc(Cl)c1. The number of aryl methyl sites for hydroxylation is 1. The Hall–Kier alpha value is -0.560. The molecule has 1 aromatic carbocycles. The molecule has 0 radical (unpaired) electrons. The molecule has 12 heavy (non-hydrogen) atoms. The fraction of sp³-hybridized carbons (Fsp3) is 0.400. The second-order valence-electron chi connectivity index (χ2n) is 2.13. The van der Waals surface area contributed by atoms with Crippen molar-refractivity contribution in [1.82, 2.24) is 0 Å². The van der Waals surface area contributed by atoms with E-state index in [-0.39, 0.29) is 5.82 Å². The number of benzene rings is 1. The molecule has 0 heterocycles. The Bertz CT molecular complexity index is 213. The van der Waals surface area contributed by atoms with Gasteiger partial charge in [0.2, 0.25) is 0 Å². The molecule has 0 unspecified atom stereocenters. The predicted octanol–water partition coefficient (Wildman–Crippen LogP) is 4.07. The van der Waals surface area contributed by atoms with E-state index in [0.717, 1.165) is 12.0 Å². The molecule has 0 bridgehead atoms. The summed E-state index contributed by atoms with van der Waals surface area (Å²) in [5.41, 5.74) is 0.935. The van der Waals surface area contributed by atoms with Crippen molar-refractivity contribution in [2.45, 2.75) is 27.2 Å². The first-order valence-corrected chi connectivity index (χ1v) is 4.55. The maximum absolute atomic E-state index is 12.5. The molecule has 0 amide bonds. The highest BCUT2D eigenvalue weighted by molar-refractivity contribution is 6.30. The van der Waals surface area contributed by atoms with Crippen LogP contribution in [0.3, 0.4) is 0 Å². The van der Waals surface area contributed by atoms with Crippen LogP contribution in [0.1, 0.15) is 26.3 Å². The van der Waals surface area contributed by atoms with Crippen molar-refractivity contribution in [1.29, 1.82) is 0 Å². The van der Waals surface area contributed by atoms with Gasteiger partial charge in [-0.05, 0) is 30.2 Å². The summed E-state index contributed by atoms with van der Waals surface area (Å²) in [6.07, 6.45) is 0.817. The lowest BCUT2D eigenvalue weighted by Gasteiger charge is -1.96. The molecule has 0 aliphatic heterocycles. The average molecular weight is 189 g/mol. The zero-order valence-electron chi connectivity index (χ0n) is 7.70. The van der Waals surface area contributed by atoms with Crippen LogP contribution in [0.5, 0.6) is 0 Å². The molecular weight excluding hydrogens is 175 g/mol. The van der Waals surface area contributed by atoms with Crippen LogP contribution in [-0.2, 0) is 6.42 Å². The molecule has 0 nitrogen and oxygen atoms in total. The number of halogens is 2. The van der Waals surface area contributed by atoms with Gasteiger partial charge < -0.3 is 0 Å². The Balaban J connectivity index is 0.000000561. The van der Waals surface area contributed by atoms with Gasteiger partial charge in [-0.15, -0.1) is 0 Å². The highest BCUT2D eigenvalue weighted by atomic mass is 35.5. The zero-order valence-corrected chi connectivity index (χ0v) is 8.45. The van der Waals surface area contributed by atoms with Gasteiger partial charge in [0.1, 0.15) is 5.82 Å². The number of hydrogen-bond acceptors (Lipinski definition) is 0. The van der Waals surface area contributed by atoms with Crippen molar-refractivity contribution in [3.8, 4) is 0 Å². The molecular formula is C10H14ClF. The third-order valence-electron chi connectivity index (χ3n) is 1.33. The van der Waals surface area contributed by atoms with E-state index in [9.17, 15) is 4.39 Å². The summed E-state index contributed by atoms with van der Waals surface area (Å²) in [6, 6.07) is 4.57. The second-order valence-corrected chi connectivity index (χ2v) is 2.57. The first-order chi connectivity index (χ1) is 5.72. The van der Waals surface area contributed by atoms with Gasteiger partial charge in [-0.3, -0.25) is 0 Å². The largest absolute Gasteiger partial charge is 0.207 e. The van der Waals surface area contributed by atoms with Gasteiger partial charge >= 0.3 is 0 Å². The third-order valence-corrected chi connectivity index (χ3v) is 1.55. The molecule has 68 valence electrons. The number of hydrogen-bond donors (Lipinski definition) is 0. The van der Waals surface area contributed by atoms with Crippen molar-refractivity contribution in [2.24, 2.45) is 0 Å². The summed E-state index contributed by atoms with van der Waals surface area (Å²) in [5.74, 6) is -0.260. The quantitative estimate of drug-likeness (QED) is 0.624. The van der Waals surface area contributed by atoms with Crippen molar-refractivity contribution < 1.29 is 4.39 Å². The molecule has 0 spiro atoms. The molecule has 0 aliphatic rings. The molecule has 0 saturated carbocycles. The van der Waals surface area contributed by atoms with Crippen LogP contribution in [0.2, 0.25) is 5.02 Å². The van der Waals surface area contributed by atoms with E-state index in [1.165, 1.54) is 12.1 Å². The fourth-order valence-corrected chi connectivity index (χ4v) is 1.06. The van der Waals surface area contributed by atoms with Crippen LogP contribution in [-0.4, -0.2) is 0 Å². The molecule has 1 aromatic rings. The highest BCUT2D eigenvalue weighted by Crippen LogP contribution is 2.13. The third kappa shape index (κ3) is 3.72. The van der Waals surface area contributed by atoms with Gasteiger partial charge in [0.15, 0.2) is 0 Å². The van der Waals surface area contributed by atoms with Crippen molar-refractivity contribution in [3.63, 3.8) is 0 Å². The zero-order chi connectivity index (χ0) is 9.56. The first-order valence-electron chi connectivity index (χ1n) is 4.17. The summed E-state index contributed by atoms with van der Waals surface area (Å²) in [5, 5.41) is 0.469. The molecule has 0 aliphatic carbocycles. The lowest BCUT2D eigenvalue weighted by Crippen LogP contribution is -1.81. The van der Waals surface area contributed by atoms with Crippen LogP contribution in [0.4, 0.5) is 4.39 Å². The normalized spacial score (nSPS) is 8.75. The van der Waals surface area contributed by atoms with Crippen LogP contribution in [0, 0.1) is 5.82 Å². The molecule has 0 atom stereocenters. The molecule has 0 aromatic heterocycles.